The number of carbonyl (C=O) groups is 1. The number of nitrogens with one attached hydrogen (secondary N) is 1. The fourth-order valence-electron chi connectivity index (χ4n) is 2.90. The molecule has 0 aliphatic heterocycles. The first kappa shape index (κ1) is 21.5. The van der Waals surface area contributed by atoms with E-state index in [0.717, 1.165) is 10.2 Å². The van der Waals surface area contributed by atoms with Crippen LogP contribution in [-0.2, 0) is 0 Å². The van der Waals surface area contributed by atoms with Gasteiger partial charge in [0.1, 0.15) is 17.4 Å². The summed E-state index contributed by atoms with van der Waals surface area (Å²) in [6.45, 7) is 5.80. The van der Waals surface area contributed by atoms with Crippen LogP contribution in [0.4, 0.5) is 0 Å². The van der Waals surface area contributed by atoms with Crippen molar-refractivity contribution in [2.24, 2.45) is 5.10 Å². The number of nitriles is 1. The molecule has 0 aliphatic carbocycles. The number of aryl methyl sites for hydroxylation is 1. The van der Waals surface area contributed by atoms with Gasteiger partial charge >= 0.3 is 0 Å². The first-order valence-corrected chi connectivity index (χ1v) is 9.62. The van der Waals surface area contributed by atoms with Crippen LogP contribution in [-0.4, -0.2) is 28.5 Å². The lowest BCUT2D eigenvalue weighted by molar-refractivity contribution is 0.0947. The quantitative estimate of drug-likeness (QED) is 0.492. The molecule has 0 saturated carbocycles. The van der Waals surface area contributed by atoms with Gasteiger partial charge in [-0.05, 0) is 45.0 Å². The Labute approximate surface area is 179 Å². The Balaban J connectivity index is 1.94. The van der Waals surface area contributed by atoms with Crippen molar-refractivity contribution in [2.75, 3.05) is 6.61 Å². The summed E-state index contributed by atoms with van der Waals surface area (Å²) in [4.78, 5) is 25.4. The minimum absolute atomic E-state index is 0.0630. The Hall–Kier alpha value is -4.25. The van der Waals surface area contributed by atoms with Gasteiger partial charge in [-0.25, -0.2) is 5.43 Å². The highest BCUT2D eigenvalue weighted by Crippen LogP contribution is 2.15. The third kappa shape index (κ3) is 4.67. The Kier molecular flexibility index (Phi) is 6.58. The SMILES string of the molecule is CCOc1ccccc1/C=N/NC(=O)c1nn(-c2ccc(C)cc2)c(=O)c(C#N)c1C. The van der Waals surface area contributed by atoms with Crippen molar-refractivity contribution >= 4 is 12.1 Å². The highest BCUT2D eigenvalue weighted by atomic mass is 16.5. The number of rotatable bonds is 6. The van der Waals surface area contributed by atoms with Gasteiger partial charge in [0.05, 0.1) is 18.5 Å². The van der Waals surface area contributed by atoms with E-state index in [2.05, 4.69) is 15.6 Å². The Bertz CT molecular complexity index is 1240. The monoisotopic (exact) mass is 415 g/mol. The highest BCUT2D eigenvalue weighted by molar-refractivity contribution is 5.95. The number of amides is 1. The number of para-hydroxylation sites is 1. The average molecular weight is 415 g/mol. The van der Waals surface area contributed by atoms with Gasteiger partial charge in [-0.2, -0.15) is 20.1 Å². The topological polar surface area (TPSA) is 109 Å². The third-order valence-electron chi connectivity index (χ3n) is 4.53. The summed E-state index contributed by atoms with van der Waals surface area (Å²) in [5, 5.41) is 17.6. The number of hydrogen-bond donors (Lipinski definition) is 1. The van der Waals surface area contributed by atoms with Crippen molar-refractivity contribution in [3.8, 4) is 17.5 Å². The molecule has 3 aromatic rings. The van der Waals surface area contributed by atoms with E-state index < -0.39 is 11.5 Å². The molecule has 8 nitrogen and oxygen atoms in total. The Morgan fingerprint density at radius 1 is 1.23 bits per heavy atom. The number of nitrogens with zero attached hydrogens (tertiary/aromatic N) is 4. The molecule has 0 radical (unpaired) electrons. The summed E-state index contributed by atoms with van der Waals surface area (Å²) >= 11 is 0. The van der Waals surface area contributed by atoms with Gasteiger partial charge < -0.3 is 4.74 Å². The maximum absolute atomic E-state index is 12.7. The predicted octanol–water partition coefficient (Wildman–Crippen LogP) is 2.88. The molecule has 0 atom stereocenters. The van der Waals surface area contributed by atoms with Crippen LogP contribution in [0.2, 0.25) is 0 Å². The Morgan fingerprint density at radius 3 is 2.61 bits per heavy atom. The first-order valence-electron chi connectivity index (χ1n) is 9.62. The van der Waals surface area contributed by atoms with E-state index >= 15 is 0 Å². The molecule has 0 saturated heterocycles. The van der Waals surface area contributed by atoms with Crippen LogP contribution in [0, 0.1) is 25.2 Å². The van der Waals surface area contributed by atoms with Crippen molar-refractivity contribution in [3.05, 3.63) is 86.8 Å². The maximum Gasteiger partial charge on any atom is 0.292 e. The molecular weight excluding hydrogens is 394 g/mol. The van der Waals surface area contributed by atoms with E-state index in [9.17, 15) is 14.9 Å². The number of benzene rings is 2. The lowest BCUT2D eigenvalue weighted by Crippen LogP contribution is -2.31. The zero-order valence-corrected chi connectivity index (χ0v) is 17.4. The standard InChI is InChI=1S/C23H21N5O3/c1-4-31-20-8-6-5-7-17(20)14-25-26-22(29)21-16(3)19(13-24)23(30)28(27-21)18-11-9-15(2)10-12-18/h5-12,14H,4H2,1-3H3,(H,26,29)/b25-14+. The van der Waals surface area contributed by atoms with E-state index in [1.165, 1.54) is 13.1 Å². The van der Waals surface area contributed by atoms with Crippen LogP contribution in [0.3, 0.4) is 0 Å². The molecule has 1 amide bonds. The van der Waals surface area contributed by atoms with E-state index in [0.29, 0.717) is 23.6 Å². The summed E-state index contributed by atoms with van der Waals surface area (Å²) in [6, 6.07) is 16.2. The minimum atomic E-state index is -0.639. The molecule has 8 heteroatoms. The molecule has 0 unspecified atom stereocenters. The Morgan fingerprint density at radius 2 is 1.94 bits per heavy atom. The fourth-order valence-corrected chi connectivity index (χ4v) is 2.90. The van der Waals surface area contributed by atoms with Crippen molar-refractivity contribution < 1.29 is 9.53 Å². The second-order valence-electron chi connectivity index (χ2n) is 6.68. The summed E-state index contributed by atoms with van der Waals surface area (Å²) in [6.07, 6.45) is 1.46. The predicted molar refractivity (Wildman–Crippen MR) is 117 cm³/mol. The van der Waals surface area contributed by atoms with Gasteiger partial charge in [-0.1, -0.05) is 29.8 Å². The van der Waals surface area contributed by atoms with Crippen LogP contribution >= 0.6 is 0 Å². The summed E-state index contributed by atoms with van der Waals surface area (Å²) in [5.74, 6) is -0.00278. The molecule has 0 fully saturated rings. The van der Waals surface area contributed by atoms with Gasteiger partial charge in [0.2, 0.25) is 0 Å². The fraction of sp³-hybridized carbons (Fsp3) is 0.174. The zero-order valence-electron chi connectivity index (χ0n) is 17.4. The molecule has 1 heterocycles. The summed E-state index contributed by atoms with van der Waals surface area (Å²) in [5.41, 5.74) is 3.95. The number of hydrazone groups is 1. The highest BCUT2D eigenvalue weighted by Gasteiger charge is 2.20. The normalized spacial score (nSPS) is 10.6. The van der Waals surface area contributed by atoms with E-state index in [1.807, 2.05) is 44.2 Å². The second kappa shape index (κ2) is 9.50. The smallest absolute Gasteiger partial charge is 0.292 e. The largest absolute Gasteiger partial charge is 0.493 e. The van der Waals surface area contributed by atoms with Crippen LogP contribution < -0.4 is 15.7 Å². The molecule has 156 valence electrons. The zero-order chi connectivity index (χ0) is 22.4. The van der Waals surface area contributed by atoms with Gasteiger partial charge in [-0.3, -0.25) is 9.59 Å². The number of carbonyl (C=O) groups excluding carboxylic acids is 1. The second-order valence-corrected chi connectivity index (χ2v) is 6.68. The molecule has 3 rings (SSSR count). The van der Waals surface area contributed by atoms with Crippen molar-refractivity contribution in [1.29, 1.82) is 5.26 Å². The number of aromatic nitrogens is 2. The lowest BCUT2D eigenvalue weighted by atomic mass is 10.1. The molecule has 1 aromatic heterocycles. The van der Waals surface area contributed by atoms with E-state index in [-0.39, 0.29) is 16.8 Å². The number of ether oxygens (including phenoxy) is 1. The molecular formula is C23H21N5O3. The van der Waals surface area contributed by atoms with E-state index in [4.69, 9.17) is 4.74 Å². The number of hydrogen-bond acceptors (Lipinski definition) is 6. The van der Waals surface area contributed by atoms with Gasteiger partial charge in [0.25, 0.3) is 11.5 Å². The lowest BCUT2D eigenvalue weighted by Gasteiger charge is -2.11. The van der Waals surface area contributed by atoms with Crippen LogP contribution in [0.25, 0.3) is 5.69 Å². The van der Waals surface area contributed by atoms with Crippen LogP contribution in [0.1, 0.15) is 39.7 Å². The summed E-state index contributed by atoms with van der Waals surface area (Å²) in [7, 11) is 0. The van der Waals surface area contributed by atoms with Crippen molar-refractivity contribution in [1.82, 2.24) is 15.2 Å². The average Bonchev–Trinajstić information content (AvgIpc) is 2.76. The molecule has 31 heavy (non-hydrogen) atoms. The first-order chi connectivity index (χ1) is 15.0. The van der Waals surface area contributed by atoms with Crippen molar-refractivity contribution in [3.63, 3.8) is 0 Å². The van der Waals surface area contributed by atoms with Crippen molar-refractivity contribution in [2.45, 2.75) is 20.8 Å². The van der Waals surface area contributed by atoms with E-state index in [1.54, 1.807) is 24.3 Å². The van der Waals surface area contributed by atoms with Crippen LogP contribution in [0.5, 0.6) is 5.75 Å². The third-order valence-corrected chi connectivity index (χ3v) is 4.53. The van der Waals surface area contributed by atoms with Crippen LogP contribution in [0.15, 0.2) is 58.4 Å². The van der Waals surface area contributed by atoms with Gasteiger partial charge in [0.15, 0.2) is 5.69 Å². The molecule has 0 aliphatic rings. The van der Waals surface area contributed by atoms with Gasteiger partial charge in [-0.15, -0.1) is 0 Å². The summed E-state index contributed by atoms with van der Waals surface area (Å²) < 4.78 is 6.57. The van der Waals surface area contributed by atoms with Gasteiger partial charge in [0, 0.05) is 11.1 Å². The molecule has 0 spiro atoms. The molecule has 1 N–H and O–H groups in total. The maximum atomic E-state index is 12.7. The molecule has 2 aromatic carbocycles. The molecule has 0 bridgehead atoms. The minimum Gasteiger partial charge on any atom is -0.493 e.